The van der Waals surface area contributed by atoms with E-state index in [0.717, 1.165) is 34.1 Å². The molecule has 0 aliphatic heterocycles. The number of aryl methyl sites for hydroxylation is 2. The molecule has 22 heavy (non-hydrogen) atoms. The molecule has 0 atom stereocenters. The van der Waals surface area contributed by atoms with Crippen LogP contribution in [-0.4, -0.2) is 22.5 Å². The molecule has 5 heteroatoms. The second-order valence-electron chi connectivity index (χ2n) is 6.11. The first-order valence-corrected chi connectivity index (χ1v) is 7.44. The molecule has 0 bridgehead atoms. The van der Waals surface area contributed by atoms with Crippen LogP contribution in [0.2, 0.25) is 0 Å². The quantitative estimate of drug-likeness (QED) is 0.910. The Morgan fingerprint density at radius 2 is 2.05 bits per heavy atom. The number of carbonyl (C=O) groups is 2. The van der Waals surface area contributed by atoms with Crippen molar-refractivity contribution in [1.82, 2.24) is 5.32 Å². The van der Waals surface area contributed by atoms with E-state index in [1.807, 2.05) is 26.0 Å². The minimum absolute atomic E-state index is 0.129. The Morgan fingerprint density at radius 3 is 2.64 bits per heavy atom. The van der Waals surface area contributed by atoms with Crippen molar-refractivity contribution in [3.05, 3.63) is 35.1 Å². The largest absolute Gasteiger partial charge is 0.480 e. The highest BCUT2D eigenvalue weighted by molar-refractivity contribution is 5.92. The van der Waals surface area contributed by atoms with E-state index in [-0.39, 0.29) is 12.3 Å². The first-order chi connectivity index (χ1) is 10.4. The molecule has 1 saturated carbocycles. The molecule has 1 fully saturated rings. The fourth-order valence-electron chi connectivity index (χ4n) is 2.93. The monoisotopic (exact) mass is 301 g/mol. The molecule has 1 aromatic heterocycles. The normalized spacial score (nSPS) is 16.3. The maximum Gasteiger partial charge on any atom is 0.329 e. The van der Waals surface area contributed by atoms with Gasteiger partial charge in [-0.05, 0) is 44.2 Å². The predicted molar refractivity (Wildman–Crippen MR) is 81.8 cm³/mol. The lowest BCUT2D eigenvalue weighted by molar-refractivity contribution is -0.151. The van der Waals surface area contributed by atoms with Crippen LogP contribution in [0, 0.1) is 13.8 Å². The standard InChI is InChI=1S/C17H19NO4/c1-10-4-5-13-12(9-22-15(13)11(10)2)8-14(19)18-17(16(20)21)6-3-7-17/h4-5,9H,3,6-8H2,1-2H3,(H,18,19)(H,20,21). The number of rotatable bonds is 4. The zero-order chi connectivity index (χ0) is 15.9. The van der Waals surface area contributed by atoms with Gasteiger partial charge in [-0.2, -0.15) is 0 Å². The third-order valence-electron chi connectivity index (χ3n) is 4.69. The van der Waals surface area contributed by atoms with Gasteiger partial charge < -0.3 is 14.8 Å². The van der Waals surface area contributed by atoms with Crippen LogP contribution in [0.1, 0.15) is 36.0 Å². The number of hydrogen-bond acceptors (Lipinski definition) is 3. The van der Waals surface area contributed by atoms with E-state index in [9.17, 15) is 14.7 Å². The van der Waals surface area contributed by atoms with E-state index in [4.69, 9.17) is 4.42 Å². The Morgan fingerprint density at radius 1 is 1.32 bits per heavy atom. The van der Waals surface area contributed by atoms with E-state index in [1.165, 1.54) is 0 Å². The summed E-state index contributed by atoms with van der Waals surface area (Å²) in [6.45, 7) is 4.00. The molecule has 116 valence electrons. The molecule has 2 N–H and O–H groups in total. The molecule has 0 unspecified atom stereocenters. The summed E-state index contributed by atoms with van der Waals surface area (Å²) >= 11 is 0. The van der Waals surface area contributed by atoms with Crippen molar-refractivity contribution in [3.8, 4) is 0 Å². The second-order valence-corrected chi connectivity index (χ2v) is 6.11. The number of aliphatic carboxylic acids is 1. The van der Waals surface area contributed by atoms with Gasteiger partial charge in [0.25, 0.3) is 0 Å². The van der Waals surface area contributed by atoms with E-state index in [2.05, 4.69) is 5.32 Å². The zero-order valence-corrected chi connectivity index (χ0v) is 12.7. The van der Waals surface area contributed by atoms with E-state index in [0.29, 0.717) is 12.8 Å². The molecule has 0 saturated heterocycles. The van der Waals surface area contributed by atoms with Crippen molar-refractivity contribution in [2.24, 2.45) is 0 Å². The molecule has 0 spiro atoms. The highest BCUT2D eigenvalue weighted by Gasteiger charge is 2.45. The van der Waals surface area contributed by atoms with Gasteiger partial charge in [-0.1, -0.05) is 12.1 Å². The van der Waals surface area contributed by atoms with Gasteiger partial charge in [0.1, 0.15) is 11.1 Å². The SMILES string of the molecule is Cc1ccc2c(CC(=O)NC3(C(=O)O)CCC3)coc2c1C. The van der Waals surface area contributed by atoms with Crippen LogP contribution in [0.3, 0.4) is 0 Å². The number of amides is 1. The summed E-state index contributed by atoms with van der Waals surface area (Å²) in [5.74, 6) is -1.22. The number of carbonyl (C=O) groups excluding carboxylic acids is 1. The van der Waals surface area contributed by atoms with Crippen LogP contribution < -0.4 is 5.32 Å². The summed E-state index contributed by atoms with van der Waals surface area (Å²) in [4.78, 5) is 23.5. The minimum atomic E-state index is -1.07. The molecule has 5 nitrogen and oxygen atoms in total. The Labute approximate surface area is 128 Å². The summed E-state index contributed by atoms with van der Waals surface area (Å²) < 4.78 is 5.58. The van der Waals surface area contributed by atoms with Gasteiger partial charge in [0.2, 0.25) is 5.91 Å². The van der Waals surface area contributed by atoms with Gasteiger partial charge in [0.05, 0.1) is 12.7 Å². The molecular formula is C17H19NO4. The molecule has 1 aliphatic carbocycles. The number of fused-ring (bicyclic) bond motifs is 1. The molecule has 1 heterocycles. The number of hydrogen-bond donors (Lipinski definition) is 2. The lowest BCUT2D eigenvalue weighted by Crippen LogP contribution is -2.59. The van der Waals surface area contributed by atoms with Crippen LogP contribution in [-0.2, 0) is 16.0 Å². The maximum atomic E-state index is 12.2. The molecular weight excluding hydrogens is 282 g/mol. The Bertz CT molecular complexity index is 755. The highest BCUT2D eigenvalue weighted by atomic mass is 16.4. The Balaban J connectivity index is 1.80. The van der Waals surface area contributed by atoms with Crippen LogP contribution in [0.5, 0.6) is 0 Å². The van der Waals surface area contributed by atoms with Gasteiger partial charge in [0, 0.05) is 10.9 Å². The lowest BCUT2D eigenvalue weighted by Gasteiger charge is -2.38. The van der Waals surface area contributed by atoms with Crippen LogP contribution in [0.25, 0.3) is 11.0 Å². The molecule has 0 radical (unpaired) electrons. The maximum absolute atomic E-state index is 12.2. The molecule has 2 aromatic rings. The summed E-state index contributed by atoms with van der Waals surface area (Å²) in [7, 11) is 0. The number of carboxylic acid groups (broad SMARTS) is 1. The summed E-state index contributed by atoms with van der Waals surface area (Å²) in [5.41, 5.74) is 2.71. The van der Waals surface area contributed by atoms with Crippen LogP contribution >= 0.6 is 0 Å². The molecule has 1 amide bonds. The first kappa shape index (κ1) is 14.6. The van der Waals surface area contributed by atoms with Gasteiger partial charge in [0.15, 0.2) is 0 Å². The van der Waals surface area contributed by atoms with Gasteiger partial charge >= 0.3 is 5.97 Å². The van der Waals surface area contributed by atoms with Crippen molar-refractivity contribution < 1.29 is 19.1 Å². The minimum Gasteiger partial charge on any atom is -0.480 e. The van der Waals surface area contributed by atoms with Crippen molar-refractivity contribution in [3.63, 3.8) is 0 Å². The number of carboxylic acids is 1. The predicted octanol–water partition coefficient (Wildman–Crippen LogP) is 2.72. The third-order valence-corrected chi connectivity index (χ3v) is 4.69. The zero-order valence-electron chi connectivity index (χ0n) is 12.7. The van der Waals surface area contributed by atoms with Crippen LogP contribution in [0.15, 0.2) is 22.8 Å². The topological polar surface area (TPSA) is 79.5 Å². The third kappa shape index (κ3) is 2.26. The van der Waals surface area contributed by atoms with Crippen molar-refractivity contribution in [2.75, 3.05) is 0 Å². The van der Waals surface area contributed by atoms with E-state index >= 15 is 0 Å². The van der Waals surface area contributed by atoms with Gasteiger partial charge in [-0.15, -0.1) is 0 Å². The van der Waals surface area contributed by atoms with Crippen molar-refractivity contribution in [1.29, 1.82) is 0 Å². The fourth-order valence-corrected chi connectivity index (χ4v) is 2.93. The molecule has 1 aromatic carbocycles. The molecule has 3 rings (SSSR count). The average molecular weight is 301 g/mol. The number of furan rings is 1. The highest BCUT2D eigenvalue weighted by Crippen LogP contribution is 2.32. The second kappa shape index (κ2) is 5.16. The Kier molecular flexibility index (Phi) is 3.43. The number of nitrogens with one attached hydrogen (secondary N) is 1. The Hall–Kier alpha value is -2.30. The summed E-state index contributed by atoms with van der Waals surface area (Å²) in [6.07, 6.45) is 3.55. The van der Waals surface area contributed by atoms with E-state index < -0.39 is 11.5 Å². The smallest absolute Gasteiger partial charge is 0.329 e. The average Bonchev–Trinajstić information content (AvgIpc) is 2.81. The fraction of sp³-hybridized carbons (Fsp3) is 0.412. The number of benzene rings is 1. The molecule has 1 aliphatic rings. The van der Waals surface area contributed by atoms with Crippen molar-refractivity contribution in [2.45, 2.75) is 45.1 Å². The summed E-state index contributed by atoms with van der Waals surface area (Å²) in [6, 6.07) is 3.94. The van der Waals surface area contributed by atoms with Gasteiger partial charge in [-0.25, -0.2) is 4.79 Å². The van der Waals surface area contributed by atoms with E-state index in [1.54, 1.807) is 6.26 Å². The van der Waals surface area contributed by atoms with Crippen molar-refractivity contribution >= 4 is 22.8 Å². The lowest BCUT2D eigenvalue weighted by atomic mass is 9.76. The van der Waals surface area contributed by atoms with Crippen LogP contribution in [0.4, 0.5) is 0 Å². The van der Waals surface area contributed by atoms with Gasteiger partial charge in [-0.3, -0.25) is 4.79 Å². The summed E-state index contributed by atoms with van der Waals surface area (Å²) in [5, 5.41) is 12.9. The first-order valence-electron chi connectivity index (χ1n) is 7.44.